The molecule has 3 nitrogen and oxygen atoms in total. The monoisotopic (exact) mass is 324 g/mol. The van der Waals surface area contributed by atoms with Crippen LogP contribution in [0.15, 0.2) is 22.7 Å². The summed E-state index contributed by atoms with van der Waals surface area (Å²) in [6, 6.07) is 6.52. The average Bonchev–Trinajstić information content (AvgIpc) is 2.74. The van der Waals surface area contributed by atoms with Crippen molar-refractivity contribution in [3.63, 3.8) is 0 Å². The molecule has 1 saturated heterocycles. The molecule has 1 aliphatic rings. The molecule has 0 spiro atoms. The largest absolute Gasteiger partial charge is 0.372 e. The summed E-state index contributed by atoms with van der Waals surface area (Å²) in [7, 11) is 4.25. The number of carbonyl (C=O) groups excluding carboxylic acids is 1. The second-order valence-electron chi connectivity index (χ2n) is 5.37. The Morgan fingerprint density at radius 3 is 2.84 bits per heavy atom. The Morgan fingerprint density at radius 1 is 1.53 bits per heavy atom. The smallest absolute Gasteiger partial charge is 0.161 e. The van der Waals surface area contributed by atoms with E-state index in [9.17, 15) is 4.79 Å². The minimum atomic E-state index is 0.114. The molecule has 0 bridgehead atoms. The molecule has 0 aromatic heterocycles. The lowest BCUT2D eigenvalue weighted by molar-refractivity contribution is 0.101. The third kappa shape index (κ3) is 3.37. The maximum atomic E-state index is 11.8. The predicted octanol–water partition coefficient (Wildman–Crippen LogP) is 3.18. The van der Waals surface area contributed by atoms with E-state index in [2.05, 4.69) is 39.8 Å². The van der Waals surface area contributed by atoms with Gasteiger partial charge in [0.1, 0.15) is 0 Å². The van der Waals surface area contributed by atoms with Crippen LogP contribution in [0.2, 0.25) is 0 Å². The van der Waals surface area contributed by atoms with Gasteiger partial charge in [-0.2, -0.15) is 0 Å². The van der Waals surface area contributed by atoms with Crippen molar-refractivity contribution in [1.82, 2.24) is 4.90 Å². The van der Waals surface area contributed by atoms with Crippen LogP contribution in [0.5, 0.6) is 0 Å². The first kappa shape index (κ1) is 14.5. The van der Waals surface area contributed by atoms with Gasteiger partial charge in [0.15, 0.2) is 5.78 Å². The minimum Gasteiger partial charge on any atom is -0.372 e. The molecule has 1 heterocycles. The Labute approximate surface area is 123 Å². The molecule has 0 amide bonds. The first-order valence-electron chi connectivity index (χ1n) is 6.71. The first-order valence-corrected chi connectivity index (χ1v) is 7.50. The van der Waals surface area contributed by atoms with Crippen molar-refractivity contribution in [3.05, 3.63) is 28.2 Å². The molecule has 1 aromatic rings. The molecule has 19 heavy (non-hydrogen) atoms. The molecule has 0 saturated carbocycles. The molecule has 2 rings (SSSR count). The summed E-state index contributed by atoms with van der Waals surface area (Å²) in [5, 5.41) is 0. The number of anilines is 1. The van der Waals surface area contributed by atoms with Gasteiger partial charge < -0.3 is 9.80 Å². The number of carbonyl (C=O) groups is 1. The fourth-order valence-electron chi connectivity index (χ4n) is 2.75. The number of likely N-dealkylation sites (tertiary alicyclic amines) is 1. The molecular formula is C15H21BrN2O. The van der Waals surface area contributed by atoms with Crippen molar-refractivity contribution < 1.29 is 4.79 Å². The number of Topliss-reactive ketones (excluding diaryl/α,β-unsaturated/α-hetero) is 1. The molecule has 104 valence electrons. The average molecular weight is 325 g/mol. The number of rotatable bonds is 4. The Balaban J connectivity index is 2.18. The summed E-state index contributed by atoms with van der Waals surface area (Å²) in [6.07, 6.45) is 2.52. The summed E-state index contributed by atoms with van der Waals surface area (Å²) in [4.78, 5) is 16.4. The van der Waals surface area contributed by atoms with Crippen LogP contribution in [0.3, 0.4) is 0 Å². The quantitative estimate of drug-likeness (QED) is 0.795. The highest BCUT2D eigenvalue weighted by molar-refractivity contribution is 9.10. The number of hydrogen-bond acceptors (Lipinski definition) is 3. The molecular weight excluding hydrogens is 304 g/mol. The van der Waals surface area contributed by atoms with E-state index in [-0.39, 0.29) is 5.78 Å². The van der Waals surface area contributed by atoms with Gasteiger partial charge in [0.05, 0.1) is 0 Å². The Hall–Kier alpha value is -0.870. The van der Waals surface area contributed by atoms with E-state index in [0.29, 0.717) is 6.04 Å². The molecule has 1 aromatic carbocycles. The lowest BCUT2D eigenvalue weighted by atomic mass is 10.1. The summed E-state index contributed by atoms with van der Waals surface area (Å²) >= 11 is 3.43. The van der Waals surface area contributed by atoms with E-state index in [4.69, 9.17) is 0 Å². The summed E-state index contributed by atoms with van der Waals surface area (Å²) < 4.78 is 0.952. The highest BCUT2D eigenvalue weighted by Gasteiger charge is 2.23. The highest BCUT2D eigenvalue weighted by Crippen LogP contribution is 2.26. The minimum absolute atomic E-state index is 0.114. The molecule has 1 atom stereocenters. The van der Waals surface area contributed by atoms with Crippen LogP contribution in [-0.2, 0) is 0 Å². The van der Waals surface area contributed by atoms with E-state index in [0.717, 1.165) is 22.3 Å². The van der Waals surface area contributed by atoms with E-state index >= 15 is 0 Å². The lowest BCUT2D eigenvalue weighted by Gasteiger charge is -2.28. The predicted molar refractivity (Wildman–Crippen MR) is 83.1 cm³/mol. The first-order chi connectivity index (χ1) is 8.99. The topological polar surface area (TPSA) is 23.6 Å². The van der Waals surface area contributed by atoms with Gasteiger partial charge in [0, 0.05) is 35.4 Å². The Bertz CT molecular complexity index is 475. The second-order valence-corrected chi connectivity index (χ2v) is 6.29. The van der Waals surface area contributed by atoms with E-state index in [1.165, 1.54) is 19.4 Å². The molecule has 1 aliphatic heterocycles. The van der Waals surface area contributed by atoms with Crippen molar-refractivity contribution in [1.29, 1.82) is 0 Å². The van der Waals surface area contributed by atoms with Gasteiger partial charge in [-0.25, -0.2) is 0 Å². The third-order valence-corrected chi connectivity index (χ3v) is 4.40. The summed E-state index contributed by atoms with van der Waals surface area (Å²) in [5.41, 5.74) is 1.81. The van der Waals surface area contributed by atoms with E-state index < -0.39 is 0 Å². The molecule has 0 radical (unpaired) electrons. The van der Waals surface area contributed by atoms with E-state index in [1.54, 1.807) is 6.92 Å². The normalized spacial score (nSPS) is 19.7. The number of benzene rings is 1. The second kappa shape index (κ2) is 6.06. The maximum absolute atomic E-state index is 11.8. The van der Waals surface area contributed by atoms with Crippen molar-refractivity contribution >= 4 is 27.4 Å². The van der Waals surface area contributed by atoms with Crippen LogP contribution in [0.1, 0.15) is 30.1 Å². The van der Waals surface area contributed by atoms with Crippen LogP contribution in [0.4, 0.5) is 5.69 Å². The molecule has 1 unspecified atom stereocenters. The van der Waals surface area contributed by atoms with Crippen LogP contribution in [0.25, 0.3) is 0 Å². The number of likely N-dealkylation sites (N-methyl/N-ethyl adjacent to an activating group) is 2. The fraction of sp³-hybridized carbons (Fsp3) is 0.533. The lowest BCUT2D eigenvalue weighted by Crippen LogP contribution is -2.37. The Kier molecular flexibility index (Phi) is 4.63. The summed E-state index contributed by atoms with van der Waals surface area (Å²) in [5.74, 6) is 0.114. The van der Waals surface area contributed by atoms with Crippen LogP contribution >= 0.6 is 15.9 Å². The molecule has 1 fully saturated rings. The molecule has 4 heteroatoms. The maximum Gasteiger partial charge on any atom is 0.161 e. The van der Waals surface area contributed by atoms with Crippen molar-refractivity contribution in [3.8, 4) is 0 Å². The Morgan fingerprint density at radius 2 is 2.26 bits per heavy atom. The molecule has 0 N–H and O–H groups in total. The fourth-order valence-corrected chi connectivity index (χ4v) is 3.11. The van der Waals surface area contributed by atoms with Crippen LogP contribution < -0.4 is 4.90 Å². The number of ketones is 1. The van der Waals surface area contributed by atoms with Crippen LogP contribution in [-0.4, -0.2) is 43.9 Å². The number of halogens is 1. The number of nitrogens with zero attached hydrogens (tertiary/aromatic N) is 2. The standard InChI is InChI=1S/C15H21BrN2O/c1-11(19)14-9-12(16)6-7-15(14)18(3)10-13-5-4-8-17(13)2/h6-7,9,13H,4-5,8,10H2,1-3H3. The molecule has 0 aliphatic carbocycles. The van der Waals surface area contributed by atoms with Gasteiger partial charge in [0.25, 0.3) is 0 Å². The van der Waals surface area contributed by atoms with Gasteiger partial charge >= 0.3 is 0 Å². The zero-order chi connectivity index (χ0) is 14.0. The van der Waals surface area contributed by atoms with E-state index in [1.807, 2.05) is 18.2 Å². The zero-order valence-corrected chi connectivity index (χ0v) is 13.4. The van der Waals surface area contributed by atoms with Gasteiger partial charge in [-0.05, 0) is 51.6 Å². The van der Waals surface area contributed by atoms with Gasteiger partial charge in [-0.15, -0.1) is 0 Å². The zero-order valence-electron chi connectivity index (χ0n) is 11.8. The van der Waals surface area contributed by atoms with Crippen molar-refractivity contribution in [2.24, 2.45) is 0 Å². The summed E-state index contributed by atoms with van der Waals surface area (Å²) in [6.45, 7) is 3.78. The van der Waals surface area contributed by atoms with Gasteiger partial charge in [0.2, 0.25) is 0 Å². The van der Waals surface area contributed by atoms with Crippen molar-refractivity contribution in [2.45, 2.75) is 25.8 Å². The van der Waals surface area contributed by atoms with Gasteiger partial charge in [-0.3, -0.25) is 4.79 Å². The third-order valence-electron chi connectivity index (χ3n) is 3.91. The number of hydrogen-bond donors (Lipinski definition) is 0. The van der Waals surface area contributed by atoms with Crippen LogP contribution in [0, 0.1) is 0 Å². The van der Waals surface area contributed by atoms with Gasteiger partial charge in [-0.1, -0.05) is 15.9 Å². The highest BCUT2D eigenvalue weighted by atomic mass is 79.9. The van der Waals surface area contributed by atoms with Crippen molar-refractivity contribution in [2.75, 3.05) is 32.1 Å². The SMILES string of the molecule is CC(=O)c1cc(Br)ccc1N(C)CC1CCCN1C.